The molecular formula is C27H27NO3S. The monoisotopic (exact) mass is 445 g/mol. The summed E-state index contributed by atoms with van der Waals surface area (Å²) in [5.74, 6) is -0.422. The van der Waals surface area contributed by atoms with Crippen LogP contribution >= 0.6 is 11.8 Å². The molecule has 1 aliphatic heterocycles. The number of hydrogen-bond acceptors (Lipinski definition) is 4. The molecule has 0 radical (unpaired) electrons. The van der Waals surface area contributed by atoms with Crippen molar-refractivity contribution in [1.82, 2.24) is 4.90 Å². The number of thioether (sulfide) groups is 1. The molecule has 0 N–H and O–H groups in total. The summed E-state index contributed by atoms with van der Waals surface area (Å²) in [4.78, 5) is 29.8. The number of likely N-dealkylation sites (tertiary alicyclic amines) is 1. The number of hydrogen-bond donors (Lipinski definition) is 0. The molecule has 32 heavy (non-hydrogen) atoms. The average Bonchev–Trinajstić information content (AvgIpc) is 3.09. The number of benzene rings is 3. The number of methoxy groups -OCH3 is 1. The van der Waals surface area contributed by atoms with Crippen molar-refractivity contribution in [2.45, 2.75) is 42.5 Å². The largest absolute Gasteiger partial charge is 0.468 e. The fraction of sp³-hybridized carbons (Fsp3) is 0.259. The summed E-state index contributed by atoms with van der Waals surface area (Å²) in [6.07, 6.45) is 0.0878. The van der Waals surface area contributed by atoms with Crippen molar-refractivity contribution in [2.75, 3.05) is 7.11 Å². The van der Waals surface area contributed by atoms with E-state index in [1.54, 1.807) is 0 Å². The van der Waals surface area contributed by atoms with E-state index in [1.807, 2.05) is 97.6 Å². The molecule has 1 aliphatic rings. The Bertz CT molecular complexity index is 1100. The second-order valence-corrected chi connectivity index (χ2v) is 9.54. The minimum Gasteiger partial charge on any atom is -0.468 e. The molecule has 0 saturated carbocycles. The van der Waals surface area contributed by atoms with Gasteiger partial charge in [-0.3, -0.25) is 9.59 Å². The summed E-state index contributed by atoms with van der Waals surface area (Å²) in [6.45, 7) is 4.51. The summed E-state index contributed by atoms with van der Waals surface area (Å²) >= 11 is 1.47. The molecule has 1 fully saturated rings. The summed E-state index contributed by atoms with van der Waals surface area (Å²) in [6, 6.07) is 25.4. The van der Waals surface area contributed by atoms with Crippen LogP contribution in [0.5, 0.6) is 0 Å². The molecule has 2 atom stereocenters. The van der Waals surface area contributed by atoms with E-state index in [4.69, 9.17) is 4.74 Å². The van der Waals surface area contributed by atoms with Crippen LogP contribution in [0.15, 0.2) is 83.8 Å². The molecule has 1 saturated heterocycles. The van der Waals surface area contributed by atoms with Gasteiger partial charge >= 0.3 is 5.97 Å². The van der Waals surface area contributed by atoms with E-state index in [9.17, 15) is 9.59 Å². The van der Waals surface area contributed by atoms with Crippen LogP contribution in [0.25, 0.3) is 0 Å². The fourth-order valence-corrected chi connectivity index (χ4v) is 6.05. The van der Waals surface area contributed by atoms with Crippen molar-refractivity contribution < 1.29 is 14.3 Å². The van der Waals surface area contributed by atoms with Gasteiger partial charge in [0.15, 0.2) is 4.75 Å². The fourth-order valence-electron chi connectivity index (χ4n) is 4.50. The van der Waals surface area contributed by atoms with Gasteiger partial charge in [-0.2, -0.15) is 0 Å². The van der Waals surface area contributed by atoms with Crippen molar-refractivity contribution in [2.24, 2.45) is 0 Å². The first-order valence-corrected chi connectivity index (χ1v) is 11.5. The van der Waals surface area contributed by atoms with Gasteiger partial charge in [-0.15, -0.1) is 11.8 Å². The van der Waals surface area contributed by atoms with Crippen LogP contribution in [0.1, 0.15) is 34.7 Å². The molecule has 164 valence electrons. The average molecular weight is 446 g/mol. The van der Waals surface area contributed by atoms with Crippen LogP contribution in [0.3, 0.4) is 0 Å². The zero-order valence-corrected chi connectivity index (χ0v) is 19.4. The Morgan fingerprint density at radius 2 is 1.56 bits per heavy atom. The number of rotatable bonds is 6. The molecule has 0 aliphatic carbocycles. The third-order valence-electron chi connectivity index (χ3n) is 6.02. The van der Waals surface area contributed by atoms with Crippen LogP contribution in [0, 0.1) is 13.8 Å². The molecule has 0 spiro atoms. The molecule has 0 aromatic heterocycles. The predicted molar refractivity (Wildman–Crippen MR) is 127 cm³/mol. The number of amides is 1. The topological polar surface area (TPSA) is 46.6 Å². The number of carbonyl (C=O) groups excluding carboxylic acids is 2. The summed E-state index contributed by atoms with van der Waals surface area (Å²) < 4.78 is 4.26. The van der Waals surface area contributed by atoms with E-state index in [0.29, 0.717) is 6.54 Å². The maximum Gasteiger partial charge on any atom is 0.325 e. The van der Waals surface area contributed by atoms with Crippen molar-refractivity contribution in [3.8, 4) is 0 Å². The number of nitrogens with zero attached hydrogens (tertiary/aromatic N) is 1. The van der Waals surface area contributed by atoms with E-state index >= 15 is 0 Å². The van der Waals surface area contributed by atoms with Gasteiger partial charge in [0.2, 0.25) is 5.91 Å². The molecule has 1 amide bonds. The highest BCUT2D eigenvalue weighted by atomic mass is 32.2. The van der Waals surface area contributed by atoms with E-state index in [0.717, 1.165) is 27.1 Å². The Morgan fingerprint density at radius 3 is 2.16 bits per heavy atom. The third-order valence-corrected chi connectivity index (χ3v) is 7.77. The summed E-state index contributed by atoms with van der Waals surface area (Å²) in [5.41, 5.74) is 4.12. The normalized spacial score (nSPS) is 20.4. The highest BCUT2D eigenvalue weighted by Crippen LogP contribution is 2.54. The summed E-state index contributed by atoms with van der Waals surface area (Å²) in [5, 5.41) is 0. The lowest BCUT2D eigenvalue weighted by atomic mass is 9.92. The lowest BCUT2D eigenvalue weighted by molar-refractivity contribution is -0.144. The Labute approximate surface area is 193 Å². The quantitative estimate of drug-likeness (QED) is 0.471. The first-order valence-electron chi connectivity index (χ1n) is 10.7. The van der Waals surface area contributed by atoms with Gasteiger partial charge < -0.3 is 9.64 Å². The van der Waals surface area contributed by atoms with Gasteiger partial charge in [-0.25, -0.2) is 0 Å². The van der Waals surface area contributed by atoms with Crippen LogP contribution in [-0.4, -0.2) is 28.6 Å². The lowest BCUT2D eigenvalue weighted by Gasteiger charge is -2.36. The Kier molecular flexibility index (Phi) is 6.38. The first-order chi connectivity index (χ1) is 15.5. The van der Waals surface area contributed by atoms with E-state index < -0.39 is 10.8 Å². The van der Waals surface area contributed by atoms with Gasteiger partial charge in [-0.05, 0) is 36.1 Å². The van der Waals surface area contributed by atoms with Gasteiger partial charge in [0, 0.05) is 11.4 Å². The van der Waals surface area contributed by atoms with Crippen molar-refractivity contribution in [3.05, 3.63) is 101 Å². The molecule has 0 unspecified atom stereocenters. The molecule has 3 aromatic rings. The smallest absolute Gasteiger partial charge is 0.325 e. The minimum absolute atomic E-state index is 0.0492. The number of carbonyl (C=O) groups is 2. The molecule has 4 rings (SSSR count). The molecule has 4 nitrogen and oxygen atoms in total. The Hall–Kier alpha value is -3.05. The maximum atomic E-state index is 13.5. The second kappa shape index (κ2) is 9.21. The maximum absolute atomic E-state index is 13.5. The Morgan fingerprint density at radius 1 is 0.969 bits per heavy atom. The van der Waals surface area contributed by atoms with Crippen LogP contribution in [0.2, 0.25) is 0 Å². The highest BCUT2D eigenvalue weighted by molar-refractivity contribution is 8.01. The van der Waals surface area contributed by atoms with Gasteiger partial charge in [0.1, 0.15) is 0 Å². The molecule has 1 heterocycles. The number of aryl methyl sites for hydroxylation is 2. The van der Waals surface area contributed by atoms with Gasteiger partial charge in [-0.1, -0.05) is 78.9 Å². The highest BCUT2D eigenvalue weighted by Gasteiger charge is 2.59. The van der Waals surface area contributed by atoms with E-state index in [2.05, 4.69) is 0 Å². The van der Waals surface area contributed by atoms with Crippen LogP contribution in [0.4, 0.5) is 0 Å². The standard InChI is InChI=1S/C27H27NO3S/c1-19-11-10-12-20(2)24(19)32-27(26(30)31-3)17-23(29)28(18-21-13-6-4-7-14-21)25(27)22-15-8-5-9-16-22/h4-16,25H,17-18H2,1-3H3/t25-,27-/m1/s1. The van der Waals surface area contributed by atoms with Crippen molar-refractivity contribution in [3.63, 3.8) is 0 Å². The SMILES string of the molecule is COC(=O)[C@@]1(Sc2c(C)cccc2C)CC(=O)N(Cc2ccccc2)[C@@H]1c1ccccc1. The summed E-state index contributed by atoms with van der Waals surface area (Å²) in [7, 11) is 1.40. The van der Waals surface area contributed by atoms with Crippen molar-refractivity contribution >= 4 is 23.6 Å². The van der Waals surface area contributed by atoms with E-state index in [-0.39, 0.29) is 18.3 Å². The molecular weight excluding hydrogens is 418 g/mol. The zero-order valence-electron chi connectivity index (χ0n) is 18.6. The van der Waals surface area contributed by atoms with Gasteiger partial charge in [0.25, 0.3) is 0 Å². The number of ether oxygens (including phenoxy) is 1. The lowest BCUT2D eigenvalue weighted by Crippen LogP contribution is -2.42. The molecule has 5 heteroatoms. The van der Waals surface area contributed by atoms with Crippen LogP contribution < -0.4 is 0 Å². The Balaban J connectivity index is 1.87. The second-order valence-electron chi connectivity index (χ2n) is 8.20. The molecule has 0 bridgehead atoms. The van der Waals surface area contributed by atoms with Gasteiger partial charge in [0.05, 0.1) is 19.6 Å². The van der Waals surface area contributed by atoms with Crippen LogP contribution in [-0.2, 0) is 20.9 Å². The third kappa shape index (κ3) is 4.05. The predicted octanol–water partition coefficient (Wildman–Crippen LogP) is 5.48. The first kappa shape index (κ1) is 22.2. The number of esters is 1. The van der Waals surface area contributed by atoms with E-state index in [1.165, 1.54) is 18.9 Å². The molecule has 3 aromatic carbocycles. The zero-order chi connectivity index (χ0) is 22.7. The van der Waals surface area contributed by atoms with Crippen molar-refractivity contribution in [1.29, 1.82) is 0 Å². The minimum atomic E-state index is -1.08.